The average molecular weight is 394 g/mol. The van der Waals surface area contributed by atoms with Crippen LogP contribution in [0.3, 0.4) is 0 Å². The quantitative estimate of drug-likeness (QED) is 0.724. The fourth-order valence-corrected chi connectivity index (χ4v) is 4.08. The van der Waals surface area contributed by atoms with E-state index in [0.29, 0.717) is 25.9 Å². The number of amides is 2. The van der Waals surface area contributed by atoms with Crippen LogP contribution in [0.2, 0.25) is 0 Å². The van der Waals surface area contributed by atoms with Gasteiger partial charge in [-0.3, -0.25) is 9.59 Å². The number of hydrogen-bond donors (Lipinski definition) is 2. The van der Waals surface area contributed by atoms with E-state index >= 15 is 0 Å². The molecule has 2 aromatic rings. The molecule has 2 aromatic carbocycles. The van der Waals surface area contributed by atoms with Crippen molar-refractivity contribution in [3.8, 4) is 0 Å². The van der Waals surface area contributed by atoms with Crippen molar-refractivity contribution >= 4 is 11.8 Å². The highest BCUT2D eigenvalue weighted by Gasteiger charge is 2.29. The van der Waals surface area contributed by atoms with Gasteiger partial charge in [0.25, 0.3) is 0 Å². The first-order valence-corrected chi connectivity index (χ1v) is 10.5. The molecule has 0 spiro atoms. The lowest BCUT2D eigenvalue weighted by Crippen LogP contribution is -2.49. The molecule has 2 amide bonds. The van der Waals surface area contributed by atoms with Crippen LogP contribution in [0.15, 0.2) is 60.7 Å². The van der Waals surface area contributed by atoms with Crippen molar-refractivity contribution < 1.29 is 9.59 Å². The first-order chi connectivity index (χ1) is 14.2. The van der Waals surface area contributed by atoms with Crippen molar-refractivity contribution in [3.05, 3.63) is 71.8 Å². The number of hydrogen-bond acceptors (Lipinski definition) is 3. The number of nitrogens with one attached hydrogen (secondary N) is 1. The molecule has 5 nitrogen and oxygen atoms in total. The van der Waals surface area contributed by atoms with Crippen molar-refractivity contribution in [1.82, 2.24) is 10.2 Å². The summed E-state index contributed by atoms with van der Waals surface area (Å²) in [5.74, 6) is 0.136. The third-order valence-corrected chi connectivity index (χ3v) is 5.64. The molecule has 1 aliphatic heterocycles. The van der Waals surface area contributed by atoms with Crippen LogP contribution in [0, 0.1) is 0 Å². The second-order valence-corrected chi connectivity index (χ2v) is 7.66. The average Bonchev–Trinajstić information content (AvgIpc) is 2.77. The van der Waals surface area contributed by atoms with E-state index in [1.165, 1.54) is 0 Å². The number of nitrogens with zero attached hydrogens (tertiary/aromatic N) is 1. The molecule has 1 heterocycles. The first kappa shape index (κ1) is 21.1. The van der Waals surface area contributed by atoms with E-state index in [9.17, 15) is 9.59 Å². The summed E-state index contributed by atoms with van der Waals surface area (Å²) in [6, 6.07) is 20.5. The van der Waals surface area contributed by atoms with Crippen LogP contribution in [-0.2, 0) is 9.59 Å². The molecule has 1 fully saturated rings. The topological polar surface area (TPSA) is 75.4 Å². The predicted octanol–water partition coefficient (Wildman–Crippen LogP) is 3.05. The van der Waals surface area contributed by atoms with Crippen molar-refractivity contribution in [3.63, 3.8) is 0 Å². The Morgan fingerprint density at radius 3 is 2.21 bits per heavy atom. The summed E-state index contributed by atoms with van der Waals surface area (Å²) >= 11 is 0. The lowest BCUT2D eigenvalue weighted by atomic mass is 9.87. The molecule has 0 radical (unpaired) electrons. The summed E-state index contributed by atoms with van der Waals surface area (Å²) in [5.41, 5.74) is 7.75. The fraction of sp³-hybridized carbons (Fsp3) is 0.417. The third kappa shape index (κ3) is 5.91. The molecule has 1 aliphatic rings. The summed E-state index contributed by atoms with van der Waals surface area (Å²) in [4.78, 5) is 27.1. The Balaban J connectivity index is 1.73. The predicted molar refractivity (Wildman–Crippen MR) is 115 cm³/mol. The van der Waals surface area contributed by atoms with E-state index in [4.69, 9.17) is 5.73 Å². The van der Waals surface area contributed by atoms with Crippen molar-refractivity contribution in [1.29, 1.82) is 0 Å². The summed E-state index contributed by atoms with van der Waals surface area (Å²) in [6.45, 7) is 1.60. The van der Waals surface area contributed by atoms with Crippen LogP contribution in [-0.4, -0.2) is 42.4 Å². The molecule has 1 atom stereocenters. The van der Waals surface area contributed by atoms with E-state index in [-0.39, 0.29) is 23.8 Å². The molecule has 5 heteroatoms. The molecule has 3 N–H and O–H groups in total. The molecular formula is C24H31N3O2. The Labute approximate surface area is 173 Å². The molecular weight excluding hydrogens is 362 g/mol. The van der Waals surface area contributed by atoms with E-state index in [1.54, 1.807) is 0 Å². The highest BCUT2D eigenvalue weighted by Crippen LogP contribution is 2.30. The normalized spacial score (nSPS) is 16.6. The SMILES string of the molecule is NCCC(=O)NCC1CCCCN1C(=O)CC(c1ccccc1)c1ccccc1. The Hall–Kier alpha value is -2.66. The minimum absolute atomic E-state index is 0.0271. The minimum atomic E-state index is -0.0445. The maximum absolute atomic E-state index is 13.3. The van der Waals surface area contributed by atoms with Crippen molar-refractivity contribution in [2.45, 2.75) is 44.1 Å². The number of piperidine rings is 1. The first-order valence-electron chi connectivity index (χ1n) is 10.5. The van der Waals surface area contributed by atoms with E-state index in [2.05, 4.69) is 29.6 Å². The number of rotatable bonds is 8. The Morgan fingerprint density at radius 1 is 1.00 bits per heavy atom. The van der Waals surface area contributed by atoms with E-state index < -0.39 is 0 Å². The number of nitrogens with two attached hydrogens (primary N) is 1. The Bertz CT molecular complexity index is 740. The van der Waals surface area contributed by atoms with Crippen LogP contribution < -0.4 is 11.1 Å². The van der Waals surface area contributed by atoms with Gasteiger partial charge in [-0.25, -0.2) is 0 Å². The van der Waals surface area contributed by atoms with Crippen molar-refractivity contribution in [2.24, 2.45) is 5.73 Å². The van der Waals surface area contributed by atoms with Gasteiger partial charge in [0.15, 0.2) is 0 Å². The molecule has 29 heavy (non-hydrogen) atoms. The molecule has 0 bridgehead atoms. The van der Waals surface area contributed by atoms with Gasteiger partial charge in [-0.1, -0.05) is 60.7 Å². The largest absolute Gasteiger partial charge is 0.354 e. The number of likely N-dealkylation sites (tertiary alicyclic amines) is 1. The van der Waals surface area contributed by atoms with Gasteiger partial charge in [-0.05, 0) is 30.4 Å². The maximum atomic E-state index is 13.3. The standard InChI is InChI=1S/C24H31N3O2/c25-15-14-23(28)26-18-21-13-7-8-16-27(21)24(29)17-22(19-9-3-1-4-10-19)20-11-5-2-6-12-20/h1-6,9-12,21-22H,7-8,13-18,25H2,(H,26,28). The monoisotopic (exact) mass is 393 g/mol. The van der Waals surface area contributed by atoms with Gasteiger partial charge < -0.3 is 16.0 Å². The van der Waals surface area contributed by atoms with Gasteiger partial charge in [-0.15, -0.1) is 0 Å². The zero-order valence-electron chi connectivity index (χ0n) is 16.9. The van der Waals surface area contributed by atoms with Gasteiger partial charge in [0.2, 0.25) is 11.8 Å². The number of benzene rings is 2. The van der Waals surface area contributed by atoms with Gasteiger partial charge in [-0.2, -0.15) is 0 Å². The third-order valence-electron chi connectivity index (χ3n) is 5.64. The molecule has 1 saturated heterocycles. The molecule has 0 aliphatic carbocycles. The lowest BCUT2D eigenvalue weighted by molar-refractivity contribution is -0.135. The fourth-order valence-electron chi connectivity index (χ4n) is 4.08. The molecule has 0 saturated carbocycles. The minimum Gasteiger partial charge on any atom is -0.354 e. The van der Waals surface area contributed by atoms with Gasteiger partial charge in [0.05, 0.1) is 0 Å². The van der Waals surface area contributed by atoms with Crippen LogP contribution in [0.25, 0.3) is 0 Å². The molecule has 154 valence electrons. The summed E-state index contributed by atoms with van der Waals surface area (Å²) < 4.78 is 0. The van der Waals surface area contributed by atoms with Crippen LogP contribution >= 0.6 is 0 Å². The van der Waals surface area contributed by atoms with Gasteiger partial charge >= 0.3 is 0 Å². The van der Waals surface area contributed by atoms with Gasteiger partial charge in [0, 0.05) is 44.4 Å². The van der Waals surface area contributed by atoms with Crippen LogP contribution in [0.4, 0.5) is 0 Å². The molecule has 3 rings (SSSR count). The van der Waals surface area contributed by atoms with Crippen molar-refractivity contribution in [2.75, 3.05) is 19.6 Å². The highest BCUT2D eigenvalue weighted by molar-refractivity contribution is 5.79. The zero-order valence-corrected chi connectivity index (χ0v) is 16.9. The number of carbonyl (C=O) groups excluding carboxylic acids is 2. The Kier molecular flexibility index (Phi) is 7.82. The maximum Gasteiger partial charge on any atom is 0.223 e. The summed E-state index contributed by atoms with van der Waals surface area (Å²) in [7, 11) is 0. The molecule has 0 aromatic heterocycles. The van der Waals surface area contributed by atoms with Crippen LogP contribution in [0.5, 0.6) is 0 Å². The smallest absolute Gasteiger partial charge is 0.223 e. The lowest BCUT2D eigenvalue weighted by Gasteiger charge is -2.37. The highest BCUT2D eigenvalue weighted by atomic mass is 16.2. The summed E-state index contributed by atoms with van der Waals surface area (Å²) in [6.07, 6.45) is 3.78. The second-order valence-electron chi connectivity index (χ2n) is 7.66. The van der Waals surface area contributed by atoms with Gasteiger partial charge in [0.1, 0.15) is 0 Å². The van der Waals surface area contributed by atoms with Crippen LogP contribution in [0.1, 0.15) is 49.1 Å². The van der Waals surface area contributed by atoms with E-state index in [1.807, 2.05) is 41.3 Å². The zero-order chi connectivity index (χ0) is 20.5. The Morgan fingerprint density at radius 2 is 1.62 bits per heavy atom. The number of carbonyl (C=O) groups is 2. The molecule has 1 unspecified atom stereocenters. The van der Waals surface area contributed by atoms with E-state index in [0.717, 1.165) is 36.9 Å². The second kappa shape index (κ2) is 10.8. The summed E-state index contributed by atoms with van der Waals surface area (Å²) in [5, 5.41) is 2.94.